The molecule has 0 aromatic heterocycles. The Morgan fingerprint density at radius 3 is 3.15 bits per heavy atom. The van der Waals surface area contributed by atoms with Gasteiger partial charge in [0.05, 0.1) is 0 Å². The van der Waals surface area contributed by atoms with Crippen molar-refractivity contribution in [1.82, 2.24) is 5.32 Å². The van der Waals surface area contributed by atoms with E-state index in [0.717, 1.165) is 0 Å². The van der Waals surface area contributed by atoms with Crippen LogP contribution < -0.4 is 5.32 Å². The Kier molecular flexibility index (Phi) is 1.50. The summed E-state index contributed by atoms with van der Waals surface area (Å²) in [5, 5.41) is 3.60. The van der Waals surface area contributed by atoms with Crippen molar-refractivity contribution < 1.29 is 0 Å². The van der Waals surface area contributed by atoms with E-state index in [-0.39, 0.29) is 0 Å². The highest BCUT2D eigenvalue weighted by Gasteiger charge is 2.28. The van der Waals surface area contributed by atoms with E-state index in [2.05, 4.69) is 24.4 Å². The maximum Gasteiger partial charge on any atom is 0.0329 e. The van der Waals surface area contributed by atoms with Crippen LogP contribution in [-0.4, -0.2) is 6.54 Å². The number of nitrogens with one attached hydrogen (secondary N) is 1. The smallest absolute Gasteiger partial charge is 0.0329 e. The molecule has 0 saturated heterocycles. The Morgan fingerprint density at radius 2 is 2.23 bits per heavy atom. The Bertz CT molecular complexity index is 354. The summed E-state index contributed by atoms with van der Waals surface area (Å²) >= 11 is 0. The van der Waals surface area contributed by atoms with Crippen LogP contribution >= 0.6 is 0 Å². The van der Waals surface area contributed by atoms with E-state index in [4.69, 9.17) is 0 Å². The quantitative estimate of drug-likeness (QED) is 0.633. The largest absolute Gasteiger partial charge is 0.310 e. The average Bonchev–Trinajstić information content (AvgIpc) is 2.57. The predicted octanol–water partition coefficient (Wildman–Crippen LogP) is 2.13. The number of aryl methyl sites for hydroxylation is 2. The van der Waals surface area contributed by atoms with Gasteiger partial charge in [-0.2, -0.15) is 0 Å². The summed E-state index contributed by atoms with van der Waals surface area (Å²) in [6.45, 7) is 3.41. The second kappa shape index (κ2) is 2.58. The highest BCUT2D eigenvalue weighted by Crippen LogP contribution is 2.37. The lowest BCUT2D eigenvalue weighted by molar-refractivity contribution is 0.505. The average molecular weight is 173 g/mol. The zero-order valence-electron chi connectivity index (χ0n) is 8.06. The Hall–Kier alpha value is -0.820. The van der Waals surface area contributed by atoms with Gasteiger partial charge in [-0.05, 0) is 55.0 Å². The first-order valence-electron chi connectivity index (χ1n) is 5.21. The van der Waals surface area contributed by atoms with Crippen molar-refractivity contribution in [2.45, 2.75) is 32.2 Å². The van der Waals surface area contributed by atoms with Crippen molar-refractivity contribution in [2.75, 3.05) is 6.54 Å². The number of benzene rings is 1. The number of hydrogen-bond donors (Lipinski definition) is 1. The molecule has 1 unspecified atom stereocenters. The van der Waals surface area contributed by atoms with Gasteiger partial charge in [-0.3, -0.25) is 0 Å². The molecule has 0 saturated carbocycles. The van der Waals surface area contributed by atoms with Crippen LogP contribution in [0.1, 0.15) is 34.7 Å². The first-order valence-corrected chi connectivity index (χ1v) is 5.21. The summed E-state index contributed by atoms with van der Waals surface area (Å²) in [7, 11) is 0. The highest BCUT2D eigenvalue weighted by molar-refractivity contribution is 5.46. The van der Waals surface area contributed by atoms with E-state index in [1.54, 1.807) is 16.7 Å². The highest BCUT2D eigenvalue weighted by atomic mass is 14.9. The van der Waals surface area contributed by atoms with Gasteiger partial charge in [0.2, 0.25) is 0 Å². The fourth-order valence-electron chi connectivity index (χ4n) is 2.83. The Balaban J connectivity index is 2.26. The van der Waals surface area contributed by atoms with Crippen molar-refractivity contribution in [1.29, 1.82) is 0 Å². The second-order valence-corrected chi connectivity index (χ2v) is 4.23. The standard InChI is InChI=1S/C12H15N/c1-8-2-3-9-4-5-11-12(9)10(8)6-7-13-11/h2-3,11,13H,4-7H2,1H3. The van der Waals surface area contributed by atoms with Crippen LogP contribution in [0.5, 0.6) is 0 Å². The minimum atomic E-state index is 0.679. The molecule has 0 bridgehead atoms. The molecule has 13 heavy (non-hydrogen) atoms. The molecule has 2 aliphatic rings. The summed E-state index contributed by atoms with van der Waals surface area (Å²) in [4.78, 5) is 0. The maximum atomic E-state index is 3.60. The second-order valence-electron chi connectivity index (χ2n) is 4.23. The molecule has 1 nitrogen and oxygen atoms in total. The first-order chi connectivity index (χ1) is 6.36. The van der Waals surface area contributed by atoms with Gasteiger partial charge >= 0.3 is 0 Å². The minimum absolute atomic E-state index is 0.679. The van der Waals surface area contributed by atoms with E-state index in [1.807, 2.05) is 0 Å². The molecular weight excluding hydrogens is 158 g/mol. The summed E-state index contributed by atoms with van der Waals surface area (Å²) in [5.41, 5.74) is 6.37. The van der Waals surface area contributed by atoms with Gasteiger partial charge in [0.15, 0.2) is 0 Å². The first kappa shape index (κ1) is 7.57. The van der Waals surface area contributed by atoms with Crippen LogP contribution in [0.4, 0.5) is 0 Å². The van der Waals surface area contributed by atoms with Crippen LogP contribution in [0.25, 0.3) is 0 Å². The van der Waals surface area contributed by atoms with Gasteiger partial charge < -0.3 is 5.32 Å². The molecule has 1 aromatic rings. The Morgan fingerprint density at radius 1 is 1.31 bits per heavy atom. The molecule has 68 valence electrons. The minimum Gasteiger partial charge on any atom is -0.310 e. The SMILES string of the molecule is Cc1ccc2c3c1CCNC3CC2. The lowest BCUT2D eigenvalue weighted by Gasteiger charge is -2.24. The van der Waals surface area contributed by atoms with Crippen molar-refractivity contribution in [3.63, 3.8) is 0 Å². The van der Waals surface area contributed by atoms with E-state index >= 15 is 0 Å². The van der Waals surface area contributed by atoms with Crippen LogP contribution in [0, 0.1) is 6.92 Å². The van der Waals surface area contributed by atoms with Crippen LogP contribution in [0.15, 0.2) is 12.1 Å². The summed E-state index contributed by atoms with van der Waals surface area (Å²) in [6, 6.07) is 5.29. The summed E-state index contributed by atoms with van der Waals surface area (Å²) in [5.74, 6) is 0. The molecule has 1 aliphatic carbocycles. The molecule has 0 spiro atoms. The fraction of sp³-hybridized carbons (Fsp3) is 0.500. The third-order valence-electron chi connectivity index (χ3n) is 3.50. The number of rotatable bonds is 0. The summed E-state index contributed by atoms with van der Waals surface area (Å²) in [6.07, 6.45) is 3.82. The van der Waals surface area contributed by atoms with Crippen LogP contribution in [0.2, 0.25) is 0 Å². The zero-order chi connectivity index (χ0) is 8.84. The predicted molar refractivity (Wildman–Crippen MR) is 53.9 cm³/mol. The van der Waals surface area contributed by atoms with E-state index in [0.29, 0.717) is 6.04 Å². The van der Waals surface area contributed by atoms with Gasteiger partial charge in [-0.25, -0.2) is 0 Å². The monoisotopic (exact) mass is 173 g/mol. The molecule has 1 aliphatic heterocycles. The van der Waals surface area contributed by atoms with Gasteiger partial charge in [-0.15, -0.1) is 0 Å². The zero-order valence-corrected chi connectivity index (χ0v) is 8.06. The maximum absolute atomic E-state index is 3.60. The summed E-state index contributed by atoms with van der Waals surface area (Å²) < 4.78 is 0. The third-order valence-corrected chi connectivity index (χ3v) is 3.50. The van der Waals surface area contributed by atoms with Crippen LogP contribution in [0.3, 0.4) is 0 Å². The molecular formula is C12H15N. The van der Waals surface area contributed by atoms with Gasteiger partial charge in [0, 0.05) is 6.04 Å². The molecule has 1 heterocycles. The van der Waals surface area contributed by atoms with E-state index in [9.17, 15) is 0 Å². The molecule has 0 radical (unpaired) electrons. The van der Waals surface area contributed by atoms with Crippen LogP contribution in [-0.2, 0) is 12.8 Å². The normalized spacial score (nSPS) is 24.5. The molecule has 1 aromatic carbocycles. The van der Waals surface area contributed by atoms with Crippen molar-refractivity contribution >= 4 is 0 Å². The Labute approximate surface area is 79.2 Å². The van der Waals surface area contributed by atoms with Crippen molar-refractivity contribution in [3.05, 3.63) is 34.4 Å². The van der Waals surface area contributed by atoms with Gasteiger partial charge in [0.1, 0.15) is 0 Å². The molecule has 3 rings (SSSR count). The molecule has 1 atom stereocenters. The lowest BCUT2D eigenvalue weighted by Crippen LogP contribution is -2.28. The molecule has 1 N–H and O–H groups in total. The molecule has 0 amide bonds. The number of hydrogen-bond acceptors (Lipinski definition) is 1. The lowest BCUT2D eigenvalue weighted by atomic mass is 9.91. The third kappa shape index (κ3) is 0.969. The van der Waals surface area contributed by atoms with Gasteiger partial charge in [-0.1, -0.05) is 12.1 Å². The van der Waals surface area contributed by atoms with Gasteiger partial charge in [0.25, 0.3) is 0 Å². The van der Waals surface area contributed by atoms with Crippen molar-refractivity contribution in [2.24, 2.45) is 0 Å². The van der Waals surface area contributed by atoms with E-state index in [1.165, 1.54) is 31.4 Å². The topological polar surface area (TPSA) is 12.0 Å². The molecule has 0 fully saturated rings. The fourth-order valence-corrected chi connectivity index (χ4v) is 2.83. The van der Waals surface area contributed by atoms with Crippen molar-refractivity contribution in [3.8, 4) is 0 Å². The van der Waals surface area contributed by atoms with E-state index < -0.39 is 0 Å². The molecule has 1 heteroatoms.